The molecule has 0 fully saturated rings. The van der Waals surface area contributed by atoms with Crippen LogP contribution >= 0.6 is 11.6 Å². The molecule has 4 aromatic carbocycles. The Morgan fingerprint density at radius 3 is 2.42 bits per heavy atom. The van der Waals surface area contributed by atoms with Crippen LogP contribution in [0.2, 0.25) is 5.02 Å². The van der Waals surface area contributed by atoms with E-state index in [9.17, 15) is 18.1 Å². The highest BCUT2D eigenvalue weighted by Gasteiger charge is 2.19. The van der Waals surface area contributed by atoms with Crippen LogP contribution in [0.1, 0.15) is 0 Å². The number of H-pyrrole nitrogens is 1. The standard InChI is InChI=1S/C24H17ClN2O5S/c1-32-23-17(13-5-8-15(25)9-6-13)3-2-4-18(23)24-26-19-10-7-14-11-16(33(29,30)31)12-20(28)21(14)22(19)27-24/h2-12,28H,1H3,(H,26,27)(H,29,30,31). The Morgan fingerprint density at radius 1 is 1.00 bits per heavy atom. The first kappa shape index (κ1) is 21.3. The monoisotopic (exact) mass is 480 g/mol. The van der Waals surface area contributed by atoms with Crippen LogP contribution in [0, 0.1) is 0 Å². The molecule has 1 heterocycles. The maximum Gasteiger partial charge on any atom is 0.294 e. The molecule has 33 heavy (non-hydrogen) atoms. The van der Waals surface area contributed by atoms with E-state index in [4.69, 9.17) is 21.3 Å². The van der Waals surface area contributed by atoms with Gasteiger partial charge >= 0.3 is 0 Å². The Bertz CT molecular complexity index is 1640. The molecule has 3 N–H and O–H groups in total. The average Bonchev–Trinajstić information content (AvgIpc) is 3.22. The van der Waals surface area contributed by atoms with E-state index in [0.717, 1.165) is 17.2 Å². The van der Waals surface area contributed by atoms with Gasteiger partial charge in [0.15, 0.2) is 0 Å². The molecule has 0 amide bonds. The predicted octanol–water partition coefficient (Wildman–Crippen LogP) is 5.66. The molecule has 0 saturated heterocycles. The summed E-state index contributed by atoms with van der Waals surface area (Å²) < 4.78 is 38.1. The molecule has 0 aliphatic heterocycles. The fraction of sp³-hybridized carbons (Fsp3) is 0.0417. The van der Waals surface area contributed by atoms with E-state index in [-0.39, 0.29) is 10.6 Å². The van der Waals surface area contributed by atoms with Crippen molar-refractivity contribution in [1.29, 1.82) is 0 Å². The number of hydrogen-bond acceptors (Lipinski definition) is 5. The molecule has 0 saturated carbocycles. The second-order valence-electron chi connectivity index (χ2n) is 7.46. The zero-order chi connectivity index (χ0) is 23.3. The Kier molecular flexibility index (Phi) is 5.01. The van der Waals surface area contributed by atoms with Crippen molar-refractivity contribution < 1.29 is 22.8 Å². The van der Waals surface area contributed by atoms with Crippen molar-refractivity contribution in [2.24, 2.45) is 0 Å². The topological polar surface area (TPSA) is 113 Å². The van der Waals surface area contributed by atoms with Crippen molar-refractivity contribution in [3.63, 3.8) is 0 Å². The third kappa shape index (κ3) is 3.68. The molecule has 0 unspecified atom stereocenters. The van der Waals surface area contributed by atoms with Gasteiger partial charge in [-0.2, -0.15) is 8.42 Å². The summed E-state index contributed by atoms with van der Waals surface area (Å²) in [5.74, 6) is 0.829. The van der Waals surface area contributed by atoms with Gasteiger partial charge in [0.1, 0.15) is 22.8 Å². The van der Waals surface area contributed by atoms with Crippen LogP contribution in [0.3, 0.4) is 0 Å². The second kappa shape index (κ2) is 7.77. The number of aromatic amines is 1. The Morgan fingerprint density at radius 2 is 1.73 bits per heavy atom. The summed E-state index contributed by atoms with van der Waals surface area (Å²) in [7, 11) is -2.88. The smallest absolute Gasteiger partial charge is 0.294 e. The van der Waals surface area contributed by atoms with Crippen LogP contribution in [0.4, 0.5) is 0 Å². The minimum Gasteiger partial charge on any atom is -0.507 e. The molecular weight excluding hydrogens is 464 g/mol. The lowest BCUT2D eigenvalue weighted by molar-refractivity contribution is 0.418. The number of nitrogens with one attached hydrogen (secondary N) is 1. The van der Waals surface area contributed by atoms with E-state index in [1.165, 1.54) is 6.07 Å². The molecule has 0 aliphatic rings. The molecule has 7 nitrogen and oxygen atoms in total. The lowest BCUT2D eigenvalue weighted by Gasteiger charge is -2.12. The maximum absolute atomic E-state index is 11.5. The molecule has 0 bridgehead atoms. The van der Waals surface area contributed by atoms with Gasteiger partial charge in [0, 0.05) is 16.7 Å². The van der Waals surface area contributed by atoms with E-state index in [1.807, 2.05) is 30.3 Å². The number of rotatable bonds is 4. The van der Waals surface area contributed by atoms with Crippen molar-refractivity contribution in [3.8, 4) is 34.0 Å². The van der Waals surface area contributed by atoms with E-state index >= 15 is 0 Å². The summed E-state index contributed by atoms with van der Waals surface area (Å²) in [6.07, 6.45) is 0. The van der Waals surface area contributed by atoms with Crippen LogP contribution in [-0.2, 0) is 10.1 Å². The van der Waals surface area contributed by atoms with Crippen LogP contribution in [-0.4, -0.2) is 35.2 Å². The highest BCUT2D eigenvalue weighted by Crippen LogP contribution is 2.40. The number of ether oxygens (including phenoxy) is 1. The fourth-order valence-corrected chi connectivity index (χ4v) is 4.62. The number of methoxy groups -OCH3 is 1. The summed E-state index contributed by atoms with van der Waals surface area (Å²) in [4.78, 5) is 7.55. The van der Waals surface area contributed by atoms with Gasteiger partial charge in [-0.25, -0.2) is 4.98 Å². The largest absolute Gasteiger partial charge is 0.507 e. The maximum atomic E-state index is 11.5. The molecule has 1 aromatic heterocycles. The quantitative estimate of drug-likeness (QED) is 0.286. The summed E-state index contributed by atoms with van der Waals surface area (Å²) >= 11 is 6.03. The molecule has 5 aromatic rings. The highest BCUT2D eigenvalue weighted by atomic mass is 35.5. The summed E-state index contributed by atoms with van der Waals surface area (Å²) in [5.41, 5.74) is 3.60. The third-order valence-electron chi connectivity index (χ3n) is 5.45. The molecule has 166 valence electrons. The van der Waals surface area contributed by atoms with Gasteiger partial charge in [-0.05, 0) is 41.3 Å². The number of benzene rings is 4. The second-order valence-corrected chi connectivity index (χ2v) is 9.31. The van der Waals surface area contributed by atoms with Crippen LogP contribution in [0.15, 0.2) is 71.6 Å². The number of aromatic nitrogens is 2. The average molecular weight is 481 g/mol. The number of nitrogens with zero attached hydrogens (tertiary/aromatic N) is 1. The Hall–Kier alpha value is -3.59. The first-order valence-corrected chi connectivity index (χ1v) is 11.6. The lowest BCUT2D eigenvalue weighted by Crippen LogP contribution is -1.97. The molecule has 0 aliphatic carbocycles. The van der Waals surface area contributed by atoms with Gasteiger partial charge in [0.25, 0.3) is 10.1 Å². The zero-order valence-electron chi connectivity index (χ0n) is 17.2. The molecular formula is C24H17ClN2O5S. The molecule has 0 spiro atoms. The van der Waals surface area contributed by atoms with Crippen molar-refractivity contribution >= 4 is 43.5 Å². The first-order valence-electron chi connectivity index (χ1n) is 9.82. The van der Waals surface area contributed by atoms with Crippen molar-refractivity contribution in [1.82, 2.24) is 9.97 Å². The summed E-state index contributed by atoms with van der Waals surface area (Å²) in [6.45, 7) is 0. The van der Waals surface area contributed by atoms with E-state index in [1.54, 1.807) is 31.4 Å². The number of para-hydroxylation sites is 1. The first-order chi connectivity index (χ1) is 15.8. The van der Waals surface area contributed by atoms with Gasteiger partial charge in [-0.1, -0.05) is 41.9 Å². The number of fused-ring (bicyclic) bond motifs is 3. The number of imidazole rings is 1. The number of aromatic hydroxyl groups is 1. The normalized spacial score (nSPS) is 11.8. The number of hydrogen-bond donors (Lipinski definition) is 3. The van der Waals surface area contributed by atoms with Crippen LogP contribution in [0.25, 0.3) is 44.3 Å². The van der Waals surface area contributed by atoms with Crippen molar-refractivity contribution in [2.45, 2.75) is 4.90 Å². The number of phenols is 1. The molecule has 0 radical (unpaired) electrons. The number of phenolic OH excluding ortho intramolecular Hbond substituents is 1. The van der Waals surface area contributed by atoms with E-state index < -0.39 is 10.1 Å². The van der Waals surface area contributed by atoms with Gasteiger partial charge in [0.05, 0.1) is 28.5 Å². The lowest BCUT2D eigenvalue weighted by atomic mass is 10.0. The van der Waals surface area contributed by atoms with Crippen molar-refractivity contribution in [3.05, 3.63) is 71.8 Å². The zero-order valence-corrected chi connectivity index (χ0v) is 18.8. The van der Waals surface area contributed by atoms with Gasteiger partial charge in [0.2, 0.25) is 0 Å². The third-order valence-corrected chi connectivity index (χ3v) is 6.53. The van der Waals surface area contributed by atoms with E-state index in [2.05, 4.69) is 4.98 Å². The fourth-order valence-electron chi connectivity index (χ4n) is 3.96. The minimum absolute atomic E-state index is 0.300. The highest BCUT2D eigenvalue weighted by molar-refractivity contribution is 7.85. The summed E-state index contributed by atoms with van der Waals surface area (Å²) in [5, 5.41) is 12.0. The minimum atomic E-state index is -4.46. The van der Waals surface area contributed by atoms with E-state index in [0.29, 0.717) is 44.0 Å². The van der Waals surface area contributed by atoms with Gasteiger partial charge < -0.3 is 14.8 Å². The Labute approximate surface area is 194 Å². The predicted molar refractivity (Wildman–Crippen MR) is 128 cm³/mol. The molecule has 5 rings (SSSR count). The van der Waals surface area contributed by atoms with Gasteiger partial charge in [-0.3, -0.25) is 4.55 Å². The van der Waals surface area contributed by atoms with Crippen LogP contribution < -0.4 is 4.74 Å². The molecule has 0 atom stereocenters. The number of halogens is 1. The Balaban J connectivity index is 1.72. The summed E-state index contributed by atoms with van der Waals surface area (Å²) in [6, 6.07) is 18.8. The molecule has 9 heteroatoms. The van der Waals surface area contributed by atoms with Crippen molar-refractivity contribution in [2.75, 3.05) is 7.11 Å². The van der Waals surface area contributed by atoms with Gasteiger partial charge in [-0.15, -0.1) is 0 Å². The SMILES string of the molecule is COc1c(-c2ccc(Cl)cc2)cccc1-c1nc2c(ccc3cc(S(=O)(=O)O)cc(O)c32)[nH]1. The van der Waals surface area contributed by atoms with Crippen LogP contribution in [0.5, 0.6) is 11.5 Å².